The maximum Gasteiger partial charge on any atom is 0.103 e. The highest BCUT2D eigenvalue weighted by molar-refractivity contribution is 7.80. The van der Waals surface area contributed by atoms with Crippen molar-refractivity contribution in [3.63, 3.8) is 0 Å². The average molecular weight is 129 g/mol. The molecule has 0 rings (SSSR count). The number of hydrogen-bond donors (Lipinski definition) is 0. The molecular weight excluding hydrogens is 118 g/mol. The third-order valence-electron chi connectivity index (χ3n) is 0.771. The van der Waals surface area contributed by atoms with E-state index in [-0.39, 0.29) is 0 Å². The van der Waals surface area contributed by atoms with Gasteiger partial charge in [-0.3, -0.25) is 0 Å². The van der Waals surface area contributed by atoms with Crippen LogP contribution in [0.5, 0.6) is 0 Å². The van der Waals surface area contributed by atoms with Crippen LogP contribution in [-0.2, 0) is 0 Å². The van der Waals surface area contributed by atoms with Crippen LogP contribution in [-0.4, -0.2) is 24.0 Å². The molecule has 0 atom stereocenters. The highest BCUT2D eigenvalue weighted by Crippen LogP contribution is 1.94. The van der Waals surface area contributed by atoms with E-state index >= 15 is 0 Å². The molecule has 0 heterocycles. The van der Waals surface area contributed by atoms with Crippen LogP contribution in [0.15, 0.2) is 12.2 Å². The van der Waals surface area contributed by atoms with E-state index < -0.39 is 0 Å². The lowest BCUT2D eigenvalue weighted by molar-refractivity contribution is 0.635. The Morgan fingerprint density at radius 3 is 1.88 bits per heavy atom. The minimum Gasteiger partial charge on any atom is -0.369 e. The van der Waals surface area contributed by atoms with Gasteiger partial charge in [0.25, 0.3) is 0 Å². The summed E-state index contributed by atoms with van der Waals surface area (Å²) in [7, 11) is 3.83. The molecule has 46 valence electrons. The summed E-state index contributed by atoms with van der Waals surface area (Å²) in [6, 6.07) is 0. The predicted octanol–water partition coefficient (Wildman–Crippen LogP) is 1.45. The number of thiocarbonyl (C=S) groups is 1. The van der Waals surface area contributed by atoms with E-state index in [1.54, 1.807) is 0 Å². The molecule has 0 saturated carbocycles. The summed E-state index contributed by atoms with van der Waals surface area (Å²) in [6.45, 7) is 5.60. The second-order valence-corrected chi connectivity index (χ2v) is 2.37. The predicted molar refractivity (Wildman–Crippen MR) is 41.1 cm³/mol. The summed E-state index contributed by atoms with van der Waals surface area (Å²) in [5.74, 6) is 0. The maximum atomic E-state index is 4.93. The van der Waals surface area contributed by atoms with Gasteiger partial charge in [-0.15, -0.1) is 0 Å². The Labute approximate surface area is 56.0 Å². The topological polar surface area (TPSA) is 3.24 Å². The Morgan fingerprint density at radius 2 is 1.88 bits per heavy atom. The van der Waals surface area contributed by atoms with Crippen LogP contribution >= 0.6 is 12.2 Å². The van der Waals surface area contributed by atoms with Crippen LogP contribution in [0, 0.1) is 0 Å². The summed E-state index contributed by atoms with van der Waals surface area (Å²) in [6.07, 6.45) is 0. The fourth-order valence-corrected chi connectivity index (χ4v) is 0.382. The molecule has 2 heteroatoms. The fraction of sp³-hybridized carbons (Fsp3) is 0.500. The quantitative estimate of drug-likeness (QED) is 0.389. The maximum absolute atomic E-state index is 4.93. The minimum atomic E-state index is 0.824. The van der Waals surface area contributed by atoms with Crippen LogP contribution in [0.25, 0.3) is 0 Å². The molecule has 0 unspecified atom stereocenters. The van der Waals surface area contributed by atoms with E-state index in [0.717, 1.165) is 10.6 Å². The molecule has 0 fully saturated rings. The van der Waals surface area contributed by atoms with Crippen molar-refractivity contribution in [3.05, 3.63) is 12.2 Å². The van der Waals surface area contributed by atoms with E-state index in [0.29, 0.717) is 0 Å². The molecule has 0 bridgehead atoms. The molecular formula is C6H11NS. The molecule has 0 aliphatic heterocycles. The van der Waals surface area contributed by atoms with Gasteiger partial charge in [0.15, 0.2) is 0 Å². The van der Waals surface area contributed by atoms with E-state index in [9.17, 15) is 0 Å². The van der Waals surface area contributed by atoms with Crippen LogP contribution in [0.2, 0.25) is 0 Å². The standard InChI is InChI=1S/C6H11NS/c1-5(2)6(8)7(3)4/h1H2,2-4H3. The first kappa shape index (κ1) is 7.63. The zero-order chi connectivity index (χ0) is 6.73. The normalized spacial score (nSPS) is 8.38. The van der Waals surface area contributed by atoms with Crippen molar-refractivity contribution in [3.8, 4) is 0 Å². The van der Waals surface area contributed by atoms with Crippen LogP contribution in [0.3, 0.4) is 0 Å². The van der Waals surface area contributed by atoms with Crippen LogP contribution in [0.4, 0.5) is 0 Å². The van der Waals surface area contributed by atoms with Crippen molar-refractivity contribution >= 4 is 17.2 Å². The number of nitrogens with zero attached hydrogens (tertiary/aromatic N) is 1. The molecule has 0 amide bonds. The van der Waals surface area contributed by atoms with Crippen LogP contribution < -0.4 is 0 Å². The molecule has 0 aromatic carbocycles. The lowest BCUT2D eigenvalue weighted by atomic mass is 10.3. The van der Waals surface area contributed by atoms with E-state index in [1.807, 2.05) is 25.9 Å². The second-order valence-electron chi connectivity index (χ2n) is 1.98. The van der Waals surface area contributed by atoms with Crippen molar-refractivity contribution in [1.29, 1.82) is 0 Å². The summed E-state index contributed by atoms with van der Waals surface area (Å²) < 4.78 is 0. The van der Waals surface area contributed by atoms with Crippen molar-refractivity contribution in [2.45, 2.75) is 6.92 Å². The van der Waals surface area contributed by atoms with Gasteiger partial charge in [0.2, 0.25) is 0 Å². The Kier molecular flexibility index (Phi) is 2.69. The lowest BCUT2D eigenvalue weighted by Gasteiger charge is -2.11. The Balaban J connectivity index is 3.84. The van der Waals surface area contributed by atoms with Crippen molar-refractivity contribution in [2.75, 3.05) is 14.1 Å². The molecule has 0 aromatic heterocycles. The van der Waals surface area contributed by atoms with Gasteiger partial charge in [-0.1, -0.05) is 18.8 Å². The van der Waals surface area contributed by atoms with E-state index in [2.05, 4.69) is 6.58 Å². The second kappa shape index (κ2) is 2.82. The molecule has 8 heavy (non-hydrogen) atoms. The number of hydrogen-bond acceptors (Lipinski definition) is 1. The van der Waals surface area contributed by atoms with Crippen molar-refractivity contribution in [2.24, 2.45) is 0 Å². The van der Waals surface area contributed by atoms with Crippen molar-refractivity contribution in [1.82, 2.24) is 4.90 Å². The number of likely N-dealkylation sites (N-methyl/N-ethyl adjacent to an activating group) is 1. The first-order valence-corrected chi connectivity index (χ1v) is 2.83. The minimum absolute atomic E-state index is 0.824. The largest absolute Gasteiger partial charge is 0.369 e. The molecule has 0 radical (unpaired) electrons. The molecule has 0 aliphatic carbocycles. The number of rotatable bonds is 1. The van der Waals surface area contributed by atoms with Gasteiger partial charge in [0.05, 0.1) is 0 Å². The molecule has 1 nitrogen and oxygen atoms in total. The van der Waals surface area contributed by atoms with Gasteiger partial charge in [0, 0.05) is 14.1 Å². The SMILES string of the molecule is C=C(C)C(=S)N(C)C. The average Bonchev–Trinajstić information content (AvgIpc) is 1.64. The fourth-order valence-electron chi connectivity index (χ4n) is 0.382. The van der Waals surface area contributed by atoms with Gasteiger partial charge in [-0.2, -0.15) is 0 Å². The molecule has 0 saturated heterocycles. The summed E-state index contributed by atoms with van der Waals surface area (Å²) in [4.78, 5) is 2.70. The van der Waals surface area contributed by atoms with Gasteiger partial charge < -0.3 is 4.90 Å². The zero-order valence-corrected chi connectivity index (χ0v) is 6.38. The third kappa shape index (κ3) is 2.07. The van der Waals surface area contributed by atoms with Gasteiger partial charge in [-0.05, 0) is 12.5 Å². The zero-order valence-electron chi connectivity index (χ0n) is 5.56. The lowest BCUT2D eigenvalue weighted by Crippen LogP contribution is -2.19. The third-order valence-corrected chi connectivity index (χ3v) is 1.48. The van der Waals surface area contributed by atoms with Gasteiger partial charge in [-0.25, -0.2) is 0 Å². The molecule has 0 aliphatic rings. The summed E-state index contributed by atoms with van der Waals surface area (Å²) in [5.41, 5.74) is 0.949. The smallest absolute Gasteiger partial charge is 0.103 e. The Hall–Kier alpha value is -0.370. The molecule has 0 aromatic rings. The van der Waals surface area contributed by atoms with Crippen molar-refractivity contribution < 1.29 is 0 Å². The Bertz CT molecular complexity index is 116. The summed E-state index contributed by atoms with van der Waals surface area (Å²) >= 11 is 4.93. The highest BCUT2D eigenvalue weighted by atomic mass is 32.1. The molecule has 0 spiro atoms. The van der Waals surface area contributed by atoms with Gasteiger partial charge in [0.1, 0.15) is 4.99 Å². The monoisotopic (exact) mass is 129 g/mol. The first-order valence-electron chi connectivity index (χ1n) is 2.43. The van der Waals surface area contributed by atoms with Crippen LogP contribution in [0.1, 0.15) is 6.92 Å². The van der Waals surface area contributed by atoms with E-state index in [1.165, 1.54) is 0 Å². The first-order chi connectivity index (χ1) is 3.55. The van der Waals surface area contributed by atoms with E-state index in [4.69, 9.17) is 12.2 Å². The molecule has 0 N–H and O–H groups in total. The highest BCUT2D eigenvalue weighted by Gasteiger charge is 1.95. The summed E-state index contributed by atoms with van der Waals surface area (Å²) in [5, 5.41) is 0. The van der Waals surface area contributed by atoms with Gasteiger partial charge >= 0.3 is 0 Å². The Morgan fingerprint density at radius 1 is 1.50 bits per heavy atom.